The molecule has 9 heteroatoms. The molecule has 0 aliphatic carbocycles. The summed E-state index contributed by atoms with van der Waals surface area (Å²) in [6.07, 6.45) is 5.98. The van der Waals surface area contributed by atoms with Crippen LogP contribution in [0.2, 0.25) is 0 Å². The molecule has 0 spiro atoms. The number of carbonyl (C=O) groups excluding carboxylic acids is 2. The number of thiazole rings is 1. The number of rotatable bonds is 7. The monoisotopic (exact) mass is 471 g/mol. The molecule has 1 aromatic carbocycles. The first kappa shape index (κ1) is 23.5. The first-order valence-corrected chi connectivity index (χ1v) is 12.6. The van der Waals surface area contributed by atoms with Gasteiger partial charge in [-0.2, -0.15) is 0 Å². The minimum absolute atomic E-state index is 0.0508. The highest BCUT2D eigenvalue weighted by atomic mass is 32.1. The predicted molar refractivity (Wildman–Crippen MR) is 131 cm³/mol. The minimum atomic E-state index is -0.281. The number of likely N-dealkylation sites (tertiary alicyclic amines) is 2. The van der Waals surface area contributed by atoms with E-state index >= 15 is 0 Å². The number of aromatic nitrogens is 1. The van der Waals surface area contributed by atoms with Crippen LogP contribution >= 0.6 is 11.3 Å². The van der Waals surface area contributed by atoms with E-state index < -0.39 is 0 Å². The van der Waals surface area contributed by atoms with Gasteiger partial charge in [-0.25, -0.2) is 4.98 Å². The molecule has 33 heavy (non-hydrogen) atoms. The molecular weight excluding hydrogens is 438 g/mol. The first-order valence-electron chi connectivity index (χ1n) is 11.7. The number of hydrogen-bond acceptors (Lipinski definition) is 7. The largest absolute Gasteiger partial charge is 0.497 e. The number of benzene rings is 1. The van der Waals surface area contributed by atoms with Crippen molar-refractivity contribution in [2.45, 2.75) is 32.1 Å². The van der Waals surface area contributed by atoms with E-state index in [0.29, 0.717) is 28.2 Å². The average molecular weight is 472 g/mol. The maximum absolute atomic E-state index is 13.3. The number of methoxy groups -OCH3 is 1. The van der Waals surface area contributed by atoms with Crippen molar-refractivity contribution in [1.29, 1.82) is 0 Å². The Kier molecular flexibility index (Phi) is 7.82. The van der Waals surface area contributed by atoms with Gasteiger partial charge in [0, 0.05) is 30.6 Å². The standard InChI is InChI=1S/C24H33N5O3S/c1-32-20-7-5-19(6-8-20)23(31)29(21-17-33-24(25)26-21)16-22(30)28-13-9-18(10-14-28)15-27-11-3-2-4-12-27/h5-8,17-18H,2-4,9-16H2,1H3,(H2,25,26). The van der Waals surface area contributed by atoms with E-state index in [1.165, 1.54) is 48.6 Å². The summed E-state index contributed by atoms with van der Waals surface area (Å²) in [5, 5.41) is 2.08. The third kappa shape index (κ3) is 6.03. The van der Waals surface area contributed by atoms with Gasteiger partial charge >= 0.3 is 0 Å². The van der Waals surface area contributed by atoms with Gasteiger partial charge in [0.15, 0.2) is 5.13 Å². The van der Waals surface area contributed by atoms with E-state index in [2.05, 4.69) is 9.88 Å². The Bertz CT molecular complexity index is 934. The van der Waals surface area contributed by atoms with Crippen LogP contribution in [-0.2, 0) is 4.79 Å². The van der Waals surface area contributed by atoms with Gasteiger partial charge in [0.05, 0.1) is 7.11 Å². The lowest BCUT2D eigenvalue weighted by atomic mass is 9.95. The fourth-order valence-corrected chi connectivity index (χ4v) is 5.21. The second-order valence-corrected chi connectivity index (χ2v) is 9.74. The van der Waals surface area contributed by atoms with Gasteiger partial charge in [0.1, 0.15) is 18.1 Å². The lowest BCUT2D eigenvalue weighted by Gasteiger charge is -2.36. The van der Waals surface area contributed by atoms with Gasteiger partial charge in [-0.1, -0.05) is 6.42 Å². The molecule has 0 bridgehead atoms. The van der Waals surface area contributed by atoms with Crippen molar-refractivity contribution in [3.8, 4) is 5.75 Å². The number of carbonyl (C=O) groups is 2. The molecule has 3 heterocycles. The molecule has 2 amide bonds. The van der Waals surface area contributed by atoms with Gasteiger partial charge < -0.3 is 20.3 Å². The van der Waals surface area contributed by atoms with E-state index in [1.807, 2.05) is 4.90 Å². The number of piperidine rings is 2. The maximum atomic E-state index is 13.3. The van der Waals surface area contributed by atoms with E-state index in [4.69, 9.17) is 10.5 Å². The van der Waals surface area contributed by atoms with Gasteiger partial charge in [-0.3, -0.25) is 14.5 Å². The Morgan fingerprint density at radius 2 is 1.82 bits per heavy atom. The third-order valence-corrected chi connectivity index (χ3v) is 7.26. The predicted octanol–water partition coefficient (Wildman–Crippen LogP) is 3.11. The molecule has 178 valence electrons. The first-order chi connectivity index (χ1) is 16.0. The molecule has 2 aliphatic heterocycles. The summed E-state index contributed by atoms with van der Waals surface area (Å²) in [4.78, 5) is 36.6. The molecule has 0 saturated carbocycles. The Balaban J connectivity index is 1.38. The summed E-state index contributed by atoms with van der Waals surface area (Å²) in [6.45, 7) is 4.98. The van der Waals surface area contributed by atoms with Crippen LogP contribution in [0.3, 0.4) is 0 Å². The molecule has 2 N–H and O–H groups in total. The second-order valence-electron chi connectivity index (χ2n) is 8.85. The van der Waals surface area contributed by atoms with Crippen LogP contribution in [0.1, 0.15) is 42.5 Å². The molecular formula is C24H33N5O3S. The Labute approximate surface area is 199 Å². The number of amides is 2. The third-order valence-electron chi connectivity index (χ3n) is 6.59. The lowest BCUT2D eigenvalue weighted by molar-refractivity contribution is -0.131. The molecule has 0 atom stereocenters. The topological polar surface area (TPSA) is 92.0 Å². The van der Waals surface area contributed by atoms with Gasteiger partial charge in [-0.05, 0) is 69.0 Å². The molecule has 2 saturated heterocycles. The molecule has 8 nitrogen and oxygen atoms in total. The Morgan fingerprint density at radius 3 is 2.42 bits per heavy atom. The van der Waals surface area contributed by atoms with Crippen molar-refractivity contribution in [2.75, 3.05) is 57.0 Å². The van der Waals surface area contributed by atoms with E-state index in [1.54, 1.807) is 36.8 Å². The van der Waals surface area contributed by atoms with E-state index in [0.717, 1.165) is 32.5 Å². The fraction of sp³-hybridized carbons (Fsp3) is 0.542. The molecule has 2 aromatic rings. The summed E-state index contributed by atoms with van der Waals surface area (Å²) in [6, 6.07) is 6.85. The number of anilines is 2. The molecule has 0 unspecified atom stereocenters. The normalized spacial score (nSPS) is 17.7. The van der Waals surface area contributed by atoms with Crippen LogP contribution in [0.4, 0.5) is 10.9 Å². The maximum Gasteiger partial charge on any atom is 0.259 e. The quantitative estimate of drug-likeness (QED) is 0.667. The Hall–Kier alpha value is -2.65. The average Bonchev–Trinajstić information content (AvgIpc) is 3.29. The zero-order chi connectivity index (χ0) is 23.2. The number of nitrogens with two attached hydrogens (primary N) is 1. The summed E-state index contributed by atoms with van der Waals surface area (Å²) in [5.41, 5.74) is 6.28. The summed E-state index contributed by atoms with van der Waals surface area (Å²) in [7, 11) is 1.58. The van der Waals surface area contributed by atoms with Gasteiger partial charge in [0.25, 0.3) is 5.91 Å². The summed E-state index contributed by atoms with van der Waals surface area (Å²) in [5.74, 6) is 1.38. The van der Waals surface area contributed by atoms with Crippen molar-refractivity contribution < 1.29 is 14.3 Å². The van der Waals surface area contributed by atoms with Crippen LogP contribution < -0.4 is 15.4 Å². The van der Waals surface area contributed by atoms with Gasteiger partial charge in [0.2, 0.25) is 5.91 Å². The second kappa shape index (κ2) is 11.0. The zero-order valence-corrected chi connectivity index (χ0v) is 20.1. The number of nitrogen functional groups attached to an aromatic ring is 1. The smallest absolute Gasteiger partial charge is 0.259 e. The van der Waals surface area contributed by atoms with Crippen molar-refractivity contribution in [1.82, 2.24) is 14.8 Å². The molecule has 4 rings (SSSR count). The van der Waals surface area contributed by atoms with E-state index in [9.17, 15) is 9.59 Å². The highest BCUT2D eigenvalue weighted by molar-refractivity contribution is 7.13. The Morgan fingerprint density at radius 1 is 1.12 bits per heavy atom. The number of nitrogens with zero attached hydrogens (tertiary/aromatic N) is 4. The van der Waals surface area contributed by atoms with Gasteiger partial charge in [-0.15, -0.1) is 11.3 Å². The summed E-state index contributed by atoms with van der Waals surface area (Å²) >= 11 is 1.25. The molecule has 1 aromatic heterocycles. The van der Waals surface area contributed by atoms with Crippen LogP contribution in [0.5, 0.6) is 5.75 Å². The van der Waals surface area contributed by atoms with Crippen molar-refractivity contribution >= 4 is 34.1 Å². The molecule has 0 radical (unpaired) electrons. The minimum Gasteiger partial charge on any atom is -0.497 e. The van der Waals surface area contributed by atoms with Crippen LogP contribution in [0.15, 0.2) is 29.6 Å². The van der Waals surface area contributed by atoms with E-state index in [-0.39, 0.29) is 18.4 Å². The lowest BCUT2D eigenvalue weighted by Crippen LogP contribution is -2.47. The number of ether oxygens (including phenoxy) is 1. The van der Waals surface area contributed by atoms with Crippen LogP contribution in [0, 0.1) is 5.92 Å². The summed E-state index contributed by atoms with van der Waals surface area (Å²) < 4.78 is 5.18. The molecule has 2 fully saturated rings. The highest BCUT2D eigenvalue weighted by Gasteiger charge is 2.29. The highest BCUT2D eigenvalue weighted by Crippen LogP contribution is 2.24. The fourth-order valence-electron chi connectivity index (χ4n) is 4.66. The van der Waals surface area contributed by atoms with Crippen LogP contribution in [0.25, 0.3) is 0 Å². The van der Waals surface area contributed by atoms with Crippen LogP contribution in [-0.4, -0.2) is 73.0 Å². The van der Waals surface area contributed by atoms with Crippen molar-refractivity contribution in [2.24, 2.45) is 5.92 Å². The SMILES string of the molecule is COc1ccc(C(=O)N(CC(=O)N2CCC(CN3CCCCC3)CC2)c2csc(N)n2)cc1. The zero-order valence-electron chi connectivity index (χ0n) is 19.2. The van der Waals surface area contributed by atoms with Crippen molar-refractivity contribution in [3.05, 3.63) is 35.2 Å². The van der Waals surface area contributed by atoms with Crippen molar-refractivity contribution in [3.63, 3.8) is 0 Å². The number of hydrogen-bond donors (Lipinski definition) is 1. The molecule has 2 aliphatic rings.